The molecule has 3 aromatic rings. The number of hydrogen-bond acceptors (Lipinski definition) is 6. The molecule has 0 unspecified atom stereocenters. The number of aromatic nitrogens is 1. The summed E-state index contributed by atoms with van der Waals surface area (Å²) < 4.78 is 6.29. The second-order valence-electron chi connectivity index (χ2n) is 7.54. The van der Waals surface area contributed by atoms with Gasteiger partial charge in [0, 0.05) is 23.6 Å². The average molecular weight is 454 g/mol. The Hall–Kier alpha value is -2.77. The number of thioether (sulfide) groups is 1. The van der Waals surface area contributed by atoms with E-state index in [-0.39, 0.29) is 17.6 Å². The molecule has 4 heterocycles. The molecule has 0 radical (unpaired) electrons. The van der Waals surface area contributed by atoms with Gasteiger partial charge in [0.25, 0.3) is 0 Å². The van der Waals surface area contributed by atoms with Crippen LogP contribution in [0.5, 0.6) is 0 Å². The van der Waals surface area contributed by atoms with E-state index in [1.54, 1.807) is 30.1 Å². The summed E-state index contributed by atoms with van der Waals surface area (Å²) in [6.07, 6.45) is 2.79. The number of nitrogens with zero attached hydrogens (tertiary/aromatic N) is 3. The van der Waals surface area contributed by atoms with Crippen LogP contribution >= 0.6 is 23.4 Å². The predicted molar refractivity (Wildman–Crippen MR) is 122 cm³/mol. The quantitative estimate of drug-likeness (QED) is 0.536. The van der Waals surface area contributed by atoms with Gasteiger partial charge in [-0.25, -0.2) is 9.79 Å². The van der Waals surface area contributed by atoms with Gasteiger partial charge in [0.05, 0.1) is 16.3 Å². The minimum absolute atomic E-state index is 0.111. The molecular weight excluding hydrogens is 434 g/mol. The van der Waals surface area contributed by atoms with Gasteiger partial charge in [-0.15, -0.1) is 0 Å². The molecule has 2 aromatic heterocycles. The van der Waals surface area contributed by atoms with Gasteiger partial charge in [0.2, 0.25) is 0 Å². The maximum atomic E-state index is 11.4. The number of fused-ring (bicyclic) bond motifs is 1. The van der Waals surface area contributed by atoms with Crippen molar-refractivity contribution in [1.82, 2.24) is 9.88 Å². The number of hydrogen-bond donors (Lipinski definition) is 1. The van der Waals surface area contributed by atoms with Crippen molar-refractivity contribution in [2.24, 2.45) is 4.99 Å². The first-order valence-corrected chi connectivity index (χ1v) is 11.5. The molecule has 31 heavy (non-hydrogen) atoms. The zero-order valence-corrected chi connectivity index (χ0v) is 18.3. The van der Waals surface area contributed by atoms with Crippen molar-refractivity contribution in [2.75, 3.05) is 5.75 Å². The Kier molecular flexibility index (Phi) is 5.24. The van der Waals surface area contributed by atoms with Gasteiger partial charge in [-0.05, 0) is 48.9 Å². The summed E-state index contributed by atoms with van der Waals surface area (Å²) in [5, 5.41) is 10.8. The number of rotatable bonds is 5. The average Bonchev–Trinajstić information content (AvgIpc) is 3.49. The molecule has 1 N–H and O–H groups in total. The molecule has 158 valence electrons. The van der Waals surface area contributed by atoms with Crippen LogP contribution in [0.4, 0.5) is 0 Å². The van der Waals surface area contributed by atoms with Gasteiger partial charge in [-0.1, -0.05) is 36.4 Å². The number of carboxylic acid groups (broad SMARTS) is 1. The smallest absolute Gasteiger partial charge is 0.335 e. The van der Waals surface area contributed by atoms with Crippen LogP contribution in [0.25, 0.3) is 11.3 Å². The highest BCUT2D eigenvalue weighted by Crippen LogP contribution is 2.49. The lowest BCUT2D eigenvalue weighted by Crippen LogP contribution is -2.35. The third kappa shape index (κ3) is 3.51. The summed E-state index contributed by atoms with van der Waals surface area (Å²) in [5.74, 6) is 1.30. The van der Waals surface area contributed by atoms with Crippen molar-refractivity contribution in [1.29, 1.82) is 0 Å². The van der Waals surface area contributed by atoms with Crippen LogP contribution in [-0.2, 0) is 0 Å². The molecule has 0 bridgehead atoms. The van der Waals surface area contributed by atoms with Crippen LogP contribution in [0, 0.1) is 0 Å². The second kappa shape index (κ2) is 8.05. The topological polar surface area (TPSA) is 78.9 Å². The molecule has 5 rings (SSSR count). The fraction of sp³-hybridized carbons (Fsp3) is 0.261. The van der Waals surface area contributed by atoms with Crippen molar-refractivity contribution >= 4 is 34.5 Å². The van der Waals surface area contributed by atoms with Crippen LogP contribution in [0.3, 0.4) is 0 Å². The zero-order valence-electron chi connectivity index (χ0n) is 16.7. The van der Waals surface area contributed by atoms with Gasteiger partial charge in [-0.3, -0.25) is 4.98 Å². The first kappa shape index (κ1) is 20.2. The molecule has 0 aliphatic carbocycles. The fourth-order valence-electron chi connectivity index (χ4n) is 4.16. The number of amidine groups is 1. The molecule has 0 amide bonds. The van der Waals surface area contributed by atoms with Crippen molar-refractivity contribution < 1.29 is 14.3 Å². The Morgan fingerprint density at radius 1 is 1.29 bits per heavy atom. The van der Waals surface area contributed by atoms with Gasteiger partial charge in [-0.2, -0.15) is 0 Å². The summed E-state index contributed by atoms with van der Waals surface area (Å²) in [6, 6.07) is 14.3. The monoisotopic (exact) mass is 453 g/mol. The summed E-state index contributed by atoms with van der Waals surface area (Å²) >= 11 is 8.14. The van der Waals surface area contributed by atoms with Crippen LogP contribution in [0.2, 0.25) is 5.02 Å². The van der Waals surface area contributed by atoms with Gasteiger partial charge < -0.3 is 14.4 Å². The third-order valence-electron chi connectivity index (χ3n) is 5.73. The normalized spacial score (nSPS) is 22.5. The number of carboxylic acids is 1. The number of aromatic carboxylic acids is 1. The van der Waals surface area contributed by atoms with E-state index in [4.69, 9.17) is 21.0 Å². The summed E-state index contributed by atoms with van der Waals surface area (Å²) in [6.45, 7) is 2.18. The first-order valence-electron chi connectivity index (χ1n) is 10.1. The van der Waals surface area contributed by atoms with E-state index in [0.717, 1.165) is 28.8 Å². The number of aliphatic imine (C=N–C) groups is 1. The Bertz CT molecular complexity index is 1160. The van der Waals surface area contributed by atoms with Crippen LogP contribution in [0.1, 0.15) is 47.2 Å². The molecule has 2 aliphatic rings. The molecule has 0 spiro atoms. The molecular formula is C23H20ClN3O3S. The minimum Gasteiger partial charge on any atom is -0.478 e. The van der Waals surface area contributed by atoms with Crippen molar-refractivity contribution in [3.05, 3.63) is 76.8 Å². The summed E-state index contributed by atoms with van der Waals surface area (Å²) in [5.41, 5.74) is 1.62. The number of benzene rings is 1. The highest BCUT2D eigenvalue weighted by atomic mass is 35.5. The lowest BCUT2D eigenvalue weighted by Gasteiger charge is -2.30. The lowest BCUT2D eigenvalue weighted by atomic mass is 10.0. The predicted octanol–water partition coefficient (Wildman–Crippen LogP) is 5.67. The SMILES string of the molecule is CC[C@@H]1CSC2=N[C@@H](c3ccccn3)[C@H](c3ccc(-c4cc(C(=O)O)ccc4Cl)o3)N21. The minimum atomic E-state index is -1.01. The lowest BCUT2D eigenvalue weighted by molar-refractivity contribution is 0.0697. The first-order chi connectivity index (χ1) is 15.1. The zero-order chi connectivity index (χ0) is 21.5. The number of furan rings is 1. The van der Waals surface area contributed by atoms with Crippen molar-refractivity contribution in [3.63, 3.8) is 0 Å². The van der Waals surface area contributed by atoms with E-state index in [9.17, 15) is 9.90 Å². The standard InChI is InChI=1S/C23H20ClN3O3S/c1-2-14-12-31-23-26-20(17-5-3-4-10-25-17)21(27(14)23)19-9-8-18(30-19)15-11-13(22(28)29)6-7-16(15)24/h3-11,14,20-21H,2,12H2,1H3,(H,28,29)/t14-,20+,21+/m1/s1. The maximum Gasteiger partial charge on any atom is 0.335 e. The van der Waals surface area contributed by atoms with Crippen LogP contribution in [0.15, 0.2) is 64.1 Å². The number of carbonyl (C=O) groups is 1. The van der Waals surface area contributed by atoms with Crippen molar-refractivity contribution in [2.45, 2.75) is 31.5 Å². The highest BCUT2D eigenvalue weighted by molar-refractivity contribution is 8.14. The van der Waals surface area contributed by atoms with E-state index in [1.165, 1.54) is 6.07 Å². The summed E-state index contributed by atoms with van der Waals surface area (Å²) in [4.78, 5) is 23.3. The third-order valence-corrected chi connectivity index (χ3v) is 7.18. The van der Waals surface area contributed by atoms with Gasteiger partial charge in [0.1, 0.15) is 23.6 Å². The van der Waals surface area contributed by atoms with Crippen LogP contribution < -0.4 is 0 Å². The van der Waals surface area contributed by atoms with E-state index < -0.39 is 5.97 Å². The van der Waals surface area contributed by atoms with Gasteiger partial charge >= 0.3 is 5.97 Å². The summed E-state index contributed by atoms with van der Waals surface area (Å²) in [7, 11) is 0. The molecule has 1 fully saturated rings. The van der Waals surface area contributed by atoms with E-state index in [2.05, 4.69) is 16.8 Å². The molecule has 6 nitrogen and oxygen atoms in total. The molecule has 8 heteroatoms. The Morgan fingerprint density at radius 2 is 2.16 bits per heavy atom. The largest absolute Gasteiger partial charge is 0.478 e. The number of halogens is 1. The Labute approximate surface area is 189 Å². The molecule has 2 aliphatic heterocycles. The second-order valence-corrected chi connectivity index (χ2v) is 8.93. The highest BCUT2D eigenvalue weighted by Gasteiger charge is 2.46. The van der Waals surface area contributed by atoms with E-state index in [1.807, 2.05) is 30.3 Å². The van der Waals surface area contributed by atoms with E-state index in [0.29, 0.717) is 22.4 Å². The molecule has 3 atom stereocenters. The van der Waals surface area contributed by atoms with Crippen LogP contribution in [-0.4, -0.2) is 37.9 Å². The maximum absolute atomic E-state index is 11.4. The van der Waals surface area contributed by atoms with Crippen molar-refractivity contribution in [3.8, 4) is 11.3 Å². The molecule has 0 saturated carbocycles. The van der Waals surface area contributed by atoms with E-state index >= 15 is 0 Å². The molecule has 1 saturated heterocycles. The number of pyridine rings is 1. The fourth-order valence-corrected chi connectivity index (χ4v) is 5.71. The van der Waals surface area contributed by atoms with Gasteiger partial charge in [0.15, 0.2) is 5.17 Å². The Balaban J connectivity index is 1.56. The Morgan fingerprint density at radius 3 is 2.90 bits per heavy atom. The molecule has 1 aromatic carbocycles.